The number of tetrazole rings is 1. The molecule has 0 atom stereocenters. The van der Waals surface area contributed by atoms with Crippen molar-refractivity contribution in [2.45, 2.75) is 19.5 Å². The molecule has 1 aliphatic rings. The van der Waals surface area contributed by atoms with Gasteiger partial charge in [-0.3, -0.25) is 4.90 Å². The maximum absolute atomic E-state index is 4.64. The molecule has 3 aromatic rings. The molecule has 0 spiro atoms. The summed E-state index contributed by atoms with van der Waals surface area (Å²) in [6.45, 7) is 2.86. The monoisotopic (exact) mass is 295 g/mol. The van der Waals surface area contributed by atoms with Crippen LogP contribution in [0.1, 0.15) is 17.0 Å². The number of nitrogens with zero attached hydrogens (tertiary/aromatic N) is 6. The second kappa shape index (κ2) is 5.34. The third kappa shape index (κ3) is 2.39. The number of aromatic nitrogens is 6. The van der Waals surface area contributed by atoms with Crippen LogP contribution in [0.4, 0.5) is 0 Å². The average Bonchev–Trinajstić information content (AvgIpc) is 3.19. The van der Waals surface area contributed by atoms with Gasteiger partial charge in [-0.05, 0) is 35.4 Å². The van der Waals surface area contributed by atoms with Gasteiger partial charge in [0.05, 0.1) is 5.69 Å². The summed E-state index contributed by atoms with van der Waals surface area (Å²) < 4.78 is 2.21. The molecule has 0 fully saturated rings. The number of H-pyrrole nitrogens is 1. The SMILES string of the molecule is Cn1ccc2c1CN(Cc1cccc(-c3nn[nH]n3)n1)CC2. The highest BCUT2D eigenvalue weighted by molar-refractivity contribution is 5.47. The first-order chi connectivity index (χ1) is 10.8. The molecule has 1 N–H and O–H groups in total. The number of nitrogens with one attached hydrogen (secondary N) is 1. The fraction of sp³-hybridized carbons (Fsp3) is 0.333. The number of rotatable bonds is 3. The highest BCUT2D eigenvalue weighted by Crippen LogP contribution is 2.21. The van der Waals surface area contributed by atoms with E-state index in [0.29, 0.717) is 5.82 Å². The molecule has 0 aliphatic carbocycles. The molecule has 1 aliphatic heterocycles. The predicted octanol–water partition coefficient (Wildman–Crippen LogP) is 1.16. The molecule has 0 amide bonds. The van der Waals surface area contributed by atoms with Crippen LogP contribution in [0.3, 0.4) is 0 Å². The molecule has 7 heteroatoms. The smallest absolute Gasteiger partial charge is 0.222 e. The molecule has 0 aromatic carbocycles. The van der Waals surface area contributed by atoms with E-state index in [-0.39, 0.29) is 0 Å². The lowest BCUT2D eigenvalue weighted by Crippen LogP contribution is -2.31. The number of hydrogen-bond donors (Lipinski definition) is 1. The molecular weight excluding hydrogens is 278 g/mol. The molecule has 3 aromatic heterocycles. The number of aryl methyl sites for hydroxylation is 1. The summed E-state index contributed by atoms with van der Waals surface area (Å²) in [6, 6.07) is 8.16. The normalized spacial score (nSPS) is 15.0. The third-order valence-electron chi connectivity index (χ3n) is 4.13. The molecule has 0 saturated heterocycles. The van der Waals surface area contributed by atoms with Gasteiger partial charge in [0.25, 0.3) is 0 Å². The van der Waals surface area contributed by atoms with Crippen molar-refractivity contribution in [1.29, 1.82) is 0 Å². The van der Waals surface area contributed by atoms with E-state index in [1.807, 2.05) is 18.2 Å². The molecule has 0 radical (unpaired) electrons. The summed E-state index contributed by atoms with van der Waals surface area (Å²) in [5.74, 6) is 0.533. The van der Waals surface area contributed by atoms with E-state index in [1.165, 1.54) is 11.3 Å². The summed E-state index contributed by atoms with van der Waals surface area (Å²) in [5.41, 5.74) is 4.65. The first kappa shape index (κ1) is 13.1. The molecule has 0 unspecified atom stereocenters. The molecule has 0 saturated carbocycles. The van der Waals surface area contributed by atoms with Crippen LogP contribution < -0.4 is 0 Å². The average molecular weight is 295 g/mol. The predicted molar refractivity (Wildman–Crippen MR) is 80.6 cm³/mol. The number of fused-ring (bicyclic) bond motifs is 1. The summed E-state index contributed by atoms with van der Waals surface area (Å²) in [4.78, 5) is 7.06. The minimum atomic E-state index is 0.533. The molecule has 4 rings (SSSR count). The lowest BCUT2D eigenvalue weighted by atomic mass is 10.1. The summed E-state index contributed by atoms with van der Waals surface area (Å²) in [5, 5.41) is 14.0. The van der Waals surface area contributed by atoms with Crippen molar-refractivity contribution in [3.63, 3.8) is 0 Å². The second-order valence-corrected chi connectivity index (χ2v) is 5.61. The lowest BCUT2D eigenvalue weighted by Gasteiger charge is -2.27. The minimum Gasteiger partial charge on any atom is -0.353 e. The fourth-order valence-corrected chi connectivity index (χ4v) is 2.95. The lowest BCUT2D eigenvalue weighted by molar-refractivity contribution is 0.236. The zero-order valence-electron chi connectivity index (χ0n) is 12.4. The van der Waals surface area contributed by atoms with E-state index >= 15 is 0 Å². The van der Waals surface area contributed by atoms with Gasteiger partial charge >= 0.3 is 0 Å². The van der Waals surface area contributed by atoms with E-state index in [2.05, 4.69) is 54.4 Å². The maximum atomic E-state index is 4.64. The Bertz CT molecular complexity index is 775. The van der Waals surface area contributed by atoms with Gasteiger partial charge in [0.15, 0.2) is 0 Å². The Labute approximate surface area is 128 Å². The van der Waals surface area contributed by atoms with E-state index in [9.17, 15) is 0 Å². The van der Waals surface area contributed by atoms with Crippen molar-refractivity contribution < 1.29 is 0 Å². The summed E-state index contributed by atoms with van der Waals surface area (Å²) >= 11 is 0. The van der Waals surface area contributed by atoms with Crippen LogP contribution in [0.25, 0.3) is 11.5 Å². The van der Waals surface area contributed by atoms with Crippen molar-refractivity contribution in [2.75, 3.05) is 6.54 Å². The van der Waals surface area contributed by atoms with E-state index in [0.717, 1.165) is 37.4 Å². The first-order valence-corrected chi connectivity index (χ1v) is 7.35. The zero-order valence-corrected chi connectivity index (χ0v) is 12.4. The Balaban J connectivity index is 1.53. The van der Waals surface area contributed by atoms with Crippen molar-refractivity contribution >= 4 is 0 Å². The van der Waals surface area contributed by atoms with Crippen LogP contribution in [-0.4, -0.2) is 41.6 Å². The third-order valence-corrected chi connectivity index (χ3v) is 4.13. The highest BCUT2D eigenvalue weighted by atomic mass is 15.5. The Morgan fingerprint density at radius 1 is 1.27 bits per heavy atom. The molecule has 0 bridgehead atoms. The topological polar surface area (TPSA) is 75.5 Å². The molecular formula is C15H17N7. The van der Waals surface area contributed by atoms with Gasteiger partial charge in [0, 0.05) is 38.6 Å². The van der Waals surface area contributed by atoms with Crippen LogP contribution in [0.15, 0.2) is 30.5 Å². The standard InChI is InChI=1S/C15H17N7/c1-21-7-5-11-6-8-22(10-14(11)21)9-12-3-2-4-13(16-12)15-17-19-20-18-15/h2-5,7H,6,8-10H2,1H3,(H,17,18,19,20). The van der Waals surface area contributed by atoms with Gasteiger partial charge in [0.1, 0.15) is 5.69 Å². The Morgan fingerprint density at radius 3 is 3.09 bits per heavy atom. The summed E-state index contributed by atoms with van der Waals surface area (Å²) in [7, 11) is 2.11. The van der Waals surface area contributed by atoms with Crippen LogP contribution in [0, 0.1) is 0 Å². The van der Waals surface area contributed by atoms with Crippen LogP contribution in [0.5, 0.6) is 0 Å². The van der Waals surface area contributed by atoms with Gasteiger partial charge in [-0.25, -0.2) is 4.98 Å². The minimum absolute atomic E-state index is 0.533. The van der Waals surface area contributed by atoms with E-state index < -0.39 is 0 Å². The quantitative estimate of drug-likeness (QED) is 0.784. The van der Waals surface area contributed by atoms with Gasteiger partial charge < -0.3 is 4.57 Å². The number of aromatic amines is 1. The molecule has 22 heavy (non-hydrogen) atoms. The Hall–Kier alpha value is -2.54. The second-order valence-electron chi connectivity index (χ2n) is 5.61. The highest BCUT2D eigenvalue weighted by Gasteiger charge is 2.19. The molecule has 112 valence electrons. The van der Waals surface area contributed by atoms with Crippen molar-refractivity contribution in [3.8, 4) is 11.5 Å². The van der Waals surface area contributed by atoms with Crippen molar-refractivity contribution in [1.82, 2.24) is 35.1 Å². The van der Waals surface area contributed by atoms with E-state index in [1.54, 1.807) is 0 Å². The van der Waals surface area contributed by atoms with Gasteiger partial charge in [-0.2, -0.15) is 5.21 Å². The van der Waals surface area contributed by atoms with Gasteiger partial charge in [-0.1, -0.05) is 6.07 Å². The maximum Gasteiger partial charge on any atom is 0.222 e. The molecule has 7 nitrogen and oxygen atoms in total. The first-order valence-electron chi connectivity index (χ1n) is 7.35. The van der Waals surface area contributed by atoms with Gasteiger partial charge in [-0.15, -0.1) is 10.2 Å². The van der Waals surface area contributed by atoms with Crippen molar-refractivity contribution in [3.05, 3.63) is 47.4 Å². The zero-order chi connectivity index (χ0) is 14.9. The van der Waals surface area contributed by atoms with Crippen molar-refractivity contribution in [2.24, 2.45) is 7.05 Å². The number of hydrogen-bond acceptors (Lipinski definition) is 5. The largest absolute Gasteiger partial charge is 0.353 e. The van der Waals surface area contributed by atoms with E-state index in [4.69, 9.17) is 0 Å². The van der Waals surface area contributed by atoms with Crippen LogP contribution in [0.2, 0.25) is 0 Å². The van der Waals surface area contributed by atoms with Gasteiger partial charge in [0.2, 0.25) is 5.82 Å². The van der Waals surface area contributed by atoms with Crippen LogP contribution in [-0.2, 0) is 26.6 Å². The van der Waals surface area contributed by atoms with Crippen LogP contribution >= 0.6 is 0 Å². The fourth-order valence-electron chi connectivity index (χ4n) is 2.95. The summed E-state index contributed by atoms with van der Waals surface area (Å²) in [6.07, 6.45) is 3.24. The molecule has 4 heterocycles. The Morgan fingerprint density at radius 2 is 2.23 bits per heavy atom. The Kier molecular flexibility index (Phi) is 3.19. The number of pyridine rings is 1.